The summed E-state index contributed by atoms with van der Waals surface area (Å²) in [5.41, 5.74) is 0.968. The van der Waals surface area contributed by atoms with E-state index >= 15 is 0 Å². The van der Waals surface area contributed by atoms with E-state index in [-0.39, 0.29) is 17.8 Å². The number of carbonyl (C=O) groups is 2. The Morgan fingerprint density at radius 2 is 1.95 bits per heavy atom. The predicted molar refractivity (Wildman–Crippen MR) is 84.5 cm³/mol. The first-order valence-electron chi connectivity index (χ1n) is 6.91. The van der Waals surface area contributed by atoms with E-state index in [0.29, 0.717) is 25.9 Å². The molecule has 21 heavy (non-hydrogen) atoms. The van der Waals surface area contributed by atoms with Gasteiger partial charge in [-0.3, -0.25) is 9.59 Å². The van der Waals surface area contributed by atoms with Crippen LogP contribution in [0.4, 0.5) is 0 Å². The summed E-state index contributed by atoms with van der Waals surface area (Å²) in [6.45, 7) is 1.19. The molecule has 1 saturated heterocycles. The highest BCUT2D eigenvalue weighted by atomic mass is 79.9. The van der Waals surface area contributed by atoms with Crippen LogP contribution >= 0.6 is 15.9 Å². The first-order chi connectivity index (χ1) is 10.1. The number of methoxy groups -OCH3 is 1. The molecule has 2 rings (SSSR count). The van der Waals surface area contributed by atoms with E-state index in [1.807, 2.05) is 24.3 Å². The van der Waals surface area contributed by atoms with E-state index in [1.165, 1.54) is 7.11 Å². The Morgan fingerprint density at radius 3 is 2.57 bits per heavy atom. The Morgan fingerprint density at radius 1 is 1.29 bits per heavy atom. The van der Waals surface area contributed by atoms with E-state index in [9.17, 15) is 9.59 Å². The summed E-state index contributed by atoms with van der Waals surface area (Å²) in [4.78, 5) is 25.4. The Bertz CT molecular complexity index is 548. The molecule has 1 aliphatic heterocycles. The Kier molecular flexibility index (Phi) is 5.56. The average Bonchev–Trinajstić information content (AvgIpc) is 2.53. The Labute approximate surface area is 132 Å². The molecule has 0 radical (unpaired) electrons. The summed E-state index contributed by atoms with van der Waals surface area (Å²) in [6, 6.07) is 7.74. The van der Waals surface area contributed by atoms with Crippen molar-refractivity contribution in [3.8, 4) is 0 Å². The lowest BCUT2D eigenvalue weighted by molar-refractivity contribution is -0.148. The van der Waals surface area contributed by atoms with Crippen molar-refractivity contribution in [2.45, 2.75) is 12.8 Å². The number of carbonyl (C=O) groups excluding carboxylic acids is 2. The van der Waals surface area contributed by atoms with Gasteiger partial charge in [0.05, 0.1) is 13.0 Å². The van der Waals surface area contributed by atoms with Crippen molar-refractivity contribution in [3.05, 3.63) is 40.4 Å². The summed E-state index contributed by atoms with van der Waals surface area (Å²) < 4.78 is 5.70. The number of piperidine rings is 1. The van der Waals surface area contributed by atoms with Gasteiger partial charge in [-0.1, -0.05) is 34.1 Å². The molecule has 1 heterocycles. The van der Waals surface area contributed by atoms with Gasteiger partial charge < -0.3 is 9.64 Å². The molecule has 0 bridgehead atoms. The molecule has 4 nitrogen and oxygen atoms in total. The molecule has 112 valence electrons. The van der Waals surface area contributed by atoms with Crippen LogP contribution in [0.2, 0.25) is 0 Å². The second kappa shape index (κ2) is 7.41. The summed E-state index contributed by atoms with van der Waals surface area (Å²) >= 11 is 3.45. The summed E-state index contributed by atoms with van der Waals surface area (Å²) in [5.74, 6) is -0.272. The first-order valence-corrected chi connectivity index (χ1v) is 7.70. The zero-order valence-corrected chi connectivity index (χ0v) is 13.5. The zero-order chi connectivity index (χ0) is 15.2. The van der Waals surface area contributed by atoms with Crippen molar-refractivity contribution in [2.24, 2.45) is 5.92 Å². The van der Waals surface area contributed by atoms with Gasteiger partial charge in [0, 0.05) is 23.6 Å². The maximum Gasteiger partial charge on any atom is 0.308 e. The molecule has 0 aliphatic carbocycles. The fourth-order valence-electron chi connectivity index (χ4n) is 2.38. The third-order valence-corrected chi connectivity index (χ3v) is 4.37. The van der Waals surface area contributed by atoms with Gasteiger partial charge >= 0.3 is 5.97 Å². The molecule has 5 heteroatoms. The number of rotatable bonds is 3. The van der Waals surface area contributed by atoms with Gasteiger partial charge in [-0.05, 0) is 30.5 Å². The van der Waals surface area contributed by atoms with Gasteiger partial charge in [-0.15, -0.1) is 0 Å². The highest BCUT2D eigenvalue weighted by molar-refractivity contribution is 9.10. The van der Waals surface area contributed by atoms with Gasteiger partial charge in [-0.25, -0.2) is 0 Å². The molecule has 0 aromatic heterocycles. The van der Waals surface area contributed by atoms with Crippen molar-refractivity contribution in [1.82, 2.24) is 4.90 Å². The average molecular weight is 352 g/mol. The lowest BCUT2D eigenvalue weighted by atomic mass is 9.97. The topological polar surface area (TPSA) is 46.6 Å². The number of hydrogen-bond donors (Lipinski definition) is 0. The van der Waals surface area contributed by atoms with Crippen LogP contribution < -0.4 is 0 Å². The molecule has 1 aromatic rings. The Balaban J connectivity index is 1.91. The third kappa shape index (κ3) is 4.17. The molecule has 1 aliphatic rings. The molecule has 0 N–H and O–H groups in total. The minimum atomic E-state index is -0.175. The number of benzene rings is 1. The van der Waals surface area contributed by atoms with Crippen LogP contribution in [0.15, 0.2) is 34.8 Å². The lowest BCUT2D eigenvalue weighted by Crippen LogP contribution is -2.39. The molecule has 0 spiro atoms. The Hall–Kier alpha value is -1.62. The van der Waals surface area contributed by atoms with Crippen LogP contribution in [0, 0.1) is 5.92 Å². The first kappa shape index (κ1) is 15.8. The van der Waals surface area contributed by atoms with Crippen molar-refractivity contribution in [3.63, 3.8) is 0 Å². The molecule has 0 saturated carbocycles. The predicted octanol–water partition coefficient (Wildman–Crippen LogP) is 2.87. The minimum Gasteiger partial charge on any atom is -0.469 e. The number of amides is 1. The molecule has 1 aromatic carbocycles. The van der Waals surface area contributed by atoms with Crippen molar-refractivity contribution in [2.75, 3.05) is 20.2 Å². The second-order valence-corrected chi connectivity index (χ2v) is 5.83. The van der Waals surface area contributed by atoms with Crippen LogP contribution in [0.25, 0.3) is 6.08 Å². The van der Waals surface area contributed by atoms with Gasteiger partial charge in [0.2, 0.25) is 5.91 Å². The second-order valence-electron chi connectivity index (χ2n) is 4.98. The number of nitrogens with zero attached hydrogens (tertiary/aromatic N) is 1. The maximum atomic E-state index is 12.1. The monoisotopic (exact) mass is 351 g/mol. The lowest BCUT2D eigenvalue weighted by Gasteiger charge is -2.29. The highest BCUT2D eigenvalue weighted by Gasteiger charge is 2.26. The van der Waals surface area contributed by atoms with Crippen molar-refractivity contribution in [1.29, 1.82) is 0 Å². The molecule has 1 fully saturated rings. The minimum absolute atomic E-state index is 0.0194. The maximum absolute atomic E-state index is 12.1. The fraction of sp³-hybridized carbons (Fsp3) is 0.375. The highest BCUT2D eigenvalue weighted by Crippen LogP contribution is 2.20. The summed E-state index contributed by atoms with van der Waals surface area (Å²) in [7, 11) is 1.40. The quantitative estimate of drug-likeness (QED) is 0.621. The fourth-order valence-corrected chi connectivity index (χ4v) is 2.80. The van der Waals surface area contributed by atoms with Gasteiger partial charge in [0.15, 0.2) is 0 Å². The van der Waals surface area contributed by atoms with Gasteiger partial charge in [-0.2, -0.15) is 0 Å². The molecular weight excluding hydrogens is 334 g/mol. The van der Waals surface area contributed by atoms with E-state index in [1.54, 1.807) is 17.1 Å². The number of ether oxygens (including phenoxy) is 1. The van der Waals surface area contributed by atoms with Gasteiger partial charge in [0.25, 0.3) is 0 Å². The van der Waals surface area contributed by atoms with Crippen molar-refractivity contribution < 1.29 is 14.3 Å². The summed E-state index contributed by atoms with van der Waals surface area (Å²) in [5, 5.41) is 0. The summed E-state index contributed by atoms with van der Waals surface area (Å²) in [6.07, 6.45) is 4.72. The standard InChI is InChI=1S/C16H18BrNO3/c1-21-16(20)13-8-10-18(11-9-13)15(19)7-6-12-4-2-3-5-14(12)17/h2-7,13H,8-11H2,1H3/b7-6-. The molecule has 1 amide bonds. The van der Waals surface area contributed by atoms with E-state index < -0.39 is 0 Å². The molecule has 0 atom stereocenters. The normalized spacial score (nSPS) is 16.2. The van der Waals surface area contributed by atoms with Gasteiger partial charge in [0.1, 0.15) is 0 Å². The number of halogens is 1. The zero-order valence-electron chi connectivity index (χ0n) is 11.9. The van der Waals surface area contributed by atoms with Crippen LogP contribution in [0.3, 0.4) is 0 Å². The van der Waals surface area contributed by atoms with E-state index in [4.69, 9.17) is 4.74 Å². The number of esters is 1. The van der Waals surface area contributed by atoms with E-state index in [2.05, 4.69) is 15.9 Å². The SMILES string of the molecule is COC(=O)C1CCN(C(=O)/C=C\c2ccccc2Br)CC1. The third-order valence-electron chi connectivity index (χ3n) is 3.65. The number of likely N-dealkylation sites (tertiary alicyclic amines) is 1. The number of hydrogen-bond acceptors (Lipinski definition) is 3. The van der Waals surface area contributed by atoms with Crippen LogP contribution in [0.1, 0.15) is 18.4 Å². The molecular formula is C16H18BrNO3. The van der Waals surface area contributed by atoms with E-state index in [0.717, 1.165) is 10.0 Å². The smallest absolute Gasteiger partial charge is 0.308 e. The van der Waals surface area contributed by atoms with Crippen LogP contribution in [-0.2, 0) is 14.3 Å². The van der Waals surface area contributed by atoms with Crippen LogP contribution in [-0.4, -0.2) is 37.0 Å². The largest absolute Gasteiger partial charge is 0.469 e. The van der Waals surface area contributed by atoms with Crippen molar-refractivity contribution >= 4 is 33.9 Å². The molecule has 0 unspecified atom stereocenters. The van der Waals surface area contributed by atoms with Crippen LogP contribution in [0.5, 0.6) is 0 Å².